The van der Waals surface area contributed by atoms with Crippen LogP contribution in [0.5, 0.6) is 11.5 Å². The Kier molecular flexibility index (Phi) is 5.12. The molecule has 2 aromatic carbocycles. The molecule has 1 heterocycles. The van der Waals surface area contributed by atoms with E-state index in [1.807, 2.05) is 50.4 Å². The lowest BCUT2D eigenvalue weighted by Crippen LogP contribution is -2.12. The molecular formula is C20H20N4O2. The van der Waals surface area contributed by atoms with Crippen molar-refractivity contribution in [2.24, 2.45) is 5.10 Å². The fraction of sp³-hybridized carbons (Fsp3) is 0.150. The van der Waals surface area contributed by atoms with Crippen LogP contribution < -0.4 is 9.75 Å². The number of phenols is 1. The highest BCUT2D eigenvalue weighted by Gasteiger charge is 2.10. The first-order valence-electron chi connectivity index (χ1n) is 8.12. The number of aromatic hydroxyl groups is 1. The molecule has 3 rings (SSSR count). The van der Waals surface area contributed by atoms with Gasteiger partial charge in [0.25, 0.3) is 0 Å². The predicted molar refractivity (Wildman–Crippen MR) is 103 cm³/mol. The Morgan fingerprint density at radius 1 is 1.08 bits per heavy atom. The second-order valence-electron chi connectivity index (χ2n) is 5.75. The van der Waals surface area contributed by atoms with Crippen molar-refractivity contribution >= 4 is 12.0 Å². The lowest BCUT2D eigenvalue weighted by molar-refractivity contribution is 0.415. The summed E-state index contributed by atoms with van der Waals surface area (Å²) in [6, 6.07) is 16.5. The Morgan fingerprint density at radius 3 is 2.50 bits per heavy atom. The number of para-hydroxylation sites is 1. The summed E-state index contributed by atoms with van der Waals surface area (Å²) in [6.45, 7) is 1.88. The van der Waals surface area contributed by atoms with Crippen molar-refractivity contribution in [1.82, 2.24) is 9.97 Å². The van der Waals surface area contributed by atoms with Crippen molar-refractivity contribution in [3.8, 4) is 22.9 Å². The average Bonchev–Trinajstić information content (AvgIpc) is 2.66. The molecule has 3 aromatic rings. The summed E-state index contributed by atoms with van der Waals surface area (Å²) in [4.78, 5) is 8.95. The first-order chi connectivity index (χ1) is 12.6. The molecule has 0 aliphatic heterocycles. The van der Waals surface area contributed by atoms with E-state index in [2.05, 4.69) is 15.1 Å². The fourth-order valence-electron chi connectivity index (χ4n) is 2.40. The van der Waals surface area contributed by atoms with Gasteiger partial charge in [0.1, 0.15) is 11.5 Å². The molecular weight excluding hydrogens is 328 g/mol. The van der Waals surface area contributed by atoms with Crippen LogP contribution in [0.25, 0.3) is 11.4 Å². The van der Waals surface area contributed by atoms with Crippen LogP contribution in [0.4, 0.5) is 5.82 Å². The average molecular weight is 348 g/mol. The van der Waals surface area contributed by atoms with Crippen LogP contribution in [-0.4, -0.2) is 35.4 Å². The minimum Gasteiger partial charge on any atom is -0.507 e. The second-order valence-corrected chi connectivity index (χ2v) is 5.75. The zero-order chi connectivity index (χ0) is 18.5. The summed E-state index contributed by atoms with van der Waals surface area (Å²) >= 11 is 0. The number of hydrogen-bond acceptors (Lipinski definition) is 6. The van der Waals surface area contributed by atoms with Gasteiger partial charge in [-0.15, -0.1) is 0 Å². The van der Waals surface area contributed by atoms with Crippen molar-refractivity contribution in [1.29, 1.82) is 0 Å². The summed E-state index contributed by atoms with van der Waals surface area (Å²) in [5.41, 5.74) is 2.33. The van der Waals surface area contributed by atoms with Gasteiger partial charge in [0, 0.05) is 18.8 Å². The number of aromatic nitrogens is 2. The molecule has 6 heteroatoms. The topological polar surface area (TPSA) is 70.8 Å². The molecule has 0 spiro atoms. The fourth-order valence-corrected chi connectivity index (χ4v) is 2.40. The third-order valence-electron chi connectivity index (χ3n) is 3.81. The Hall–Kier alpha value is -3.41. The summed E-state index contributed by atoms with van der Waals surface area (Å²) in [5, 5.41) is 16.1. The molecule has 0 bridgehead atoms. The summed E-state index contributed by atoms with van der Waals surface area (Å²) in [6.07, 6.45) is 1.75. The zero-order valence-corrected chi connectivity index (χ0v) is 14.9. The van der Waals surface area contributed by atoms with Gasteiger partial charge in [-0.05, 0) is 48.9 Å². The van der Waals surface area contributed by atoms with E-state index in [1.54, 1.807) is 36.5 Å². The van der Waals surface area contributed by atoms with Crippen LogP contribution in [0.15, 0.2) is 59.7 Å². The molecule has 0 amide bonds. The van der Waals surface area contributed by atoms with Crippen LogP contribution in [0.3, 0.4) is 0 Å². The van der Waals surface area contributed by atoms with E-state index in [0.29, 0.717) is 17.2 Å². The number of benzene rings is 2. The normalized spacial score (nSPS) is 10.9. The molecule has 0 saturated carbocycles. The van der Waals surface area contributed by atoms with Crippen LogP contribution in [-0.2, 0) is 0 Å². The summed E-state index contributed by atoms with van der Waals surface area (Å²) in [5.74, 6) is 2.05. The van der Waals surface area contributed by atoms with Crippen LogP contribution in [0.2, 0.25) is 0 Å². The predicted octanol–water partition coefficient (Wildman–Crippen LogP) is 3.64. The second kappa shape index (κ2) is 7.65. The maximum Gasteiger partial charge on any atom is 0.165 e. The summed E-state index contributed by atoms with van der Waals surface area (Å²) < 4.78 is 5.15. The standard InChI is InChI=1S/C20H20N4O2/c1-14-12-19(23-20(22-14)17-6-4-5-7-18(17)25)24(2)21-13-15-8-10-16(26-3)11-9-15/h4-13,25H,1-3H3/b21-13-. The van der Waals surface area contributed by atoms with Crippen LogP contribution >= 0.6 is 0 Å². The van der Waals surface area contributed by atoms with E-state index in [0.717, 1.165) is 17.0 Å². The summed E-state index contributed by atoms with van der Waals surface area (Å²) in [7, 11) is 3.45. The Labute approximate surface area is 152 Å². The molecule has 0 aliphatic carbocycles. The molecule has 0 atom stereocenters. The first-order valence-corrected chi connectivity index (χ1v) is 8.12. The van der Waals surface area contributed by atoms with Gasteiger partial charge >= 0.3 is 0 Å². The molecule has 0 saturated heterocycles. The van der Waals surface area contributed by atoms with E-state index in [1.165, 1.54) is 0 Å². The van der Waals surface area contributed by atoms with E-state index >= 15 is 0 Å². The minimum atomic E-state index is 0.147. The van der Waals surface area contributed by atoms with Crippen molar-refractivity contribution in [2.45, 2.75) is 6.92 Å². The highest BCUT2D eigenvalue weighted by molar-refractivity contribution is 5.80. The number of methoxy groups -OCH3 is 1. The number of hydrazone groups is 1. The Morgan fingerprint density at radius 2 is 1.81 bits per heavy atom. The van der Waals surface area contributed by atoms with Gasteiger partial charge in [0.05, 0.1) is 18.9 Å². The SMILES string of the molecule is COc1ccc(/C=N\N(C)c2cc(C)nc(-c3ccccc3O)n2)cc1. The van der Waals surface area contributed by atoms with Gasteiger partial charge in [-0.25, -0.2) is 9.97 Å². The van der Waals surface area contributed by atoms with E-state index in [9.17, 15) is 5.11 Å². The van der Waals surface area contributed by atoms with Crippen LogP contribution in [0, 0.1) is 6.92 Å². The quantitative estimate of drug-likeness (QED) is 0.563. The molecule has 6 nitrogen and oxygen atoms in total. The Bertz CT molecular complexity index is 923. The number of nitrogens with zero attached hydrogens (tertiary/aromatic N) is 4. The molecule has 26 heavy (non-hydrogen) atoms. The van der Waals surface area contributed by atoms with Crippen molar-refractivity contribution in [2.75, 3.05) is 19.2 Å². The molecule has 0 fully saturated rings. The number of ether oxygens (including phenoxy) is 1. The van der Waals surface area contributed by atoms with Crippen molar-refractivity contribution in [3.05, 3.63) is 65.9 Å². The Balaban J connectivity index is 1.86. The van der Waals surface area contributed by atoms with Gasteiger partial charge < -0.3 is 9.84 Å². The monoisotopic (exact) mass is 348 g/mol. The molecule has 1 N–H and O–H groups in total. The smallest absolute Gasteiger partial charge is 0.165 e. The van der Waals surface area contributed by atoms with E-state index < -0.39 is 0 Å². The van der Waals surface area contributed by atoms with Crippen LogP contribution in [0.1, 0.15) is 11.3 Å². The number of anilines is 1. The first kappa shape index (κ1) is 17.4. The number of phenolic OH excluding ortho intramolecular Hbond substituents is 1. The highest BCUT2D eigenvalue weighted by atomic mass is 16.5. The van der Waals surface area contributed by atoms with E-state index in [-0.39, 0.29) is 5.75 Å². The maximum atomic E-state index is 10.0. The van der Waals surface area contributed by atoms with E-state index in [4.69, 9.17) is 4.74 Å². The molecule has 1 aromatic heterocycles. The minimum absolute atomic E-state index is 0.147. The van der Waals surface area contributed by atoms with Gasteiger partial charge in [-0.3, -0.25) is 5.01 Å². The third-order valence-corrected chi connectivity index (χ3v) is 3.81. The maximum absolute atomic E-state index is 10.0. The van der Waals surface area contributed by atoms with Gasteiger partial charge in [0.2, 0.25) is 0 Å². The lowest BCUT2D eigenvalue weighted by atomic mass is 10.2. The number of hydrogen-bond donors (Lipinski definition) is 1. The van der Waals surface area contributed by atoms with Crippen molar-refractivity contribution in [3.63, 3.8) is 0 Å². The third kappa shape index (κ3) is 3.97. The van der Waals surface area contributed by atoms with Gasteiger partial charge in [-0.2, -0.15) is 5.10 Å². The highest BCUT2D eigenvalue weighted by Crippen LogP contribution is 2.27. The van der Waals surface area contributed by atoms with Gasteiger partial charge in [0.15, 0.2) is 11.6 Å². The molecule has 132 valence electrons. The lowest BCUT2D eigenvalue weighted by Gasteiger charge is -2.14. The number of aryl methyl sites for hydroxylation is 1. The molecule has 0 aliphatic rings. The largest absolute Gasteiger partial charge is 0.507 e. The van der Waals surface area contributed by atoms with Gasteiger partial charge in [-0.1, -0.05) is 12.1 Å². The number of rotatable bonds is 5. The zero-order valence-electron chi connectivity index (χ0n) is 14.9. The molecule has 0 unspecified atom stereocenters. The van der Waals surface area contributed by atoms with Crippen molar-refractivity contribution < 1.29 is 9.84 Å². The molecule has 0 radical (unpaired) electrons.